The number of hydrogen-bond donors (Lipinski definition) is 0. The molecule has 0 spiro atoms. The molecule has 92 heavy (non-hydrogen) atoms. The van der Waals surface area contributed by atoms with E-state index in [2.05, 4.69) is 36.1 Å². The van der Waals surface area contributed by atoms with E-state index in [0.717, 1.165) is 0 Å². The molecule has 0 aromatic heterocycles. The number of hydrogen-bond acceptors (Lipinski definition) is 34. The lowest BCUT2D eigenvalue weighted by molar-refractivity contribution is -0.138. The molecule has 58 heteroatoms. The fourth-order valence-corrected chi connectivity index (χ4v) is 111. The standard InChI is InChI=1S/C15H48O19Si15.C8H24O12Si8.C7H10O2.C3H6.CH4OSi.H2/c1-36(2)17-44-24-42(13)23-43(16-14-15-35)26-46(28-44,19-38(5)6)32-49(22-41(11)12)33-47(27-43,20-39(7)8)29-45(25-42,18-37(3)4)31-48(30-44,34-49)21-40(9)10;1-21-9-22(2)12-25(5)14-23(3,10-21)16-27(7)17-24(4,11-21)15-26(6,13-22)19-28(8,18-25)20-27;1-4-5-9-7(8)6(2)3;2*1-3-2;/h36-41H,1-13,35H3;1-8H3;4H,1-2,5H2,3H3;3H,1H2,2H3;3H,1H3;1H. The van der Waals surface area contributed by atoms with E-state index in [0.29, 0.717) is 15.8 Å². The van der Waals surface area contributed by atoms with Crippen LogP contribution in [-0.2, 0) is 142 Å². The van der Waals surface area contributed by atoms with Crippen LogP contribution in [0.15, 0.2) is 37.5 Å². The van der Waals surface area contributed by atoms with Crippen molar-refractivity contribution in [3.05, 3.63) is 37.5 Å². The van der Waals surface area contributed by atoms with Gasteiger partial charge in [0, 0.05) is 65.9 Å². The highest BCUT2D eigenvalue weighted by Crippen LogP contribution is 2.52. The first kappa shape index (κ1) is 82.8. The number of ether oxygens (including phenoxy) is 1. The predicted octanol–water partition coefficient (Wildman–Crippen LogP) is 1.52. The lowest BCUT2D eigenvalue weighted by Crippen LogP contribution is -2.91. The maximum Gasteiger partial charge on any atom is 0.739 e. The number of esters is 1. The summed E-state index contributed by atoms with van der Waals surface area (Å²) in [5.74, 6) is -0.366. The average molecular weight is 1720 g/mol. The summed E-state index contributed by atoms with van der Waals surface area (Å²) in [6, 6.07) is 0. The summed E-state index contributed by atoms with van der Waals surface area (Å²) in [5.41, 5.74) is 3.25. The Bertz CT molecular complexity index is 2420. The zero-order chi connectivity index (χ0) is 69.5. The summed E-state index contributed by atoms with van der Waals surface area (Å²) < 4.78 is 219. The Morgan fingerprint density at radius 1 is 0.424 bits per heavy atom. The molecule has 12 fully saturated rings. The average Bonchev–Trinajstić information content (AvgIpc) is 0.694. The van der Waals surface area contributed by atoms with Crippen molar-refractivity contribution >= 4 is 222 Å². The van der Waals surface area contributed by atoms with Gasteiger partial charge in [-0.05, 0) is 99.0 Å². The van der Waals surface area contributed by atoms with Gasteiger partial charge in [-0.15, -0.1) is 12.1 Å². The van der Waals surface area contributed by atoms with Crippen LogP contribution in [0.1, 0.15) is 15.3 Å². The Morgan fingerprint density at radius 3 is 0.772 bits per heavy atom. The predicted molar refractivity (Wildman–Crippen MR) is 377 cm³/mol. The van der Waals surface area contributed by atoms with Gasteiger partial charge in [0.2, 0.25) is 0 Å². The zero-order valence-corrected chi connectivity index (χ0v) is 83.0. The summed E-state index contributed by atoms with van der Waals surface area (Å²) in [6.07, 6.45) is 5.90. The summed E-state index contributed by atoms with van der Waals surface area (Å²) in [6.45, 7) is 54.1. The van der Waals surface area contributed by atoms with E-state index < -0.39 is 206 Å². The molecule has 12 saturated heterocycles. The normalized spacial score (nSPS) is 44.2. The molecule has 12 aliphatic heterocycles. The van der Waals surface area contributed by atoms with Crippen LogP contribution in [0.25, 0.3) is 0 Å². The Balaban J connectivity index is 0.000000297. The molecule has 0 radical (unpaired) electrons. The van der Waals surface area contributed by atoms with E-state index in [-0.39, 0.29) is 14.0 Å². The van der Waals surface area contributed by atoms with Crippen LogP contribution >= 0.6 is 0 Å². The largest absolute Gasteiger partial charge is 0.739 e. The summed E-state index contributed by atoms with van der Waals surface area (Å²) in [7, 11) is -77.2. The van der Waals surface area contributed by atoms with Gasteiger partial charge in [-0.3, -0.25) is 0 Å². The maximum absolute atomic E-state index is 10.5. The van der Waals surface area contributed by atoms with Gasteiger partial charge in [0.05, 0.1) is 16.3 Å². The van der Waals surface area contributed by atoms with Gasteiger partial charge in [-0.25, -0.2) is 4.79 Å². The van der Waals surface area contributed by atoms with Crippen molar-refractivity contribution in [3.63, 3.8) is 0 Å². The molecule has 0 aromatic rings. The third-order valence-electron chi connectivity index (χ3n) is 10.9. The minimum absolute atomic E-state index is 0. The topological polar surface area (TPSA) is 330 Å². The highest BCUT2D eigenvalue weighted by molar-refractivity contribution is 7.04. The minimum Gasteiger partial charge on any atom is -0.458 e. The van der Waals surface area contributed by atoms with Gasteiger partial charge >= 0.3 is 149 Å². The zero-order valence-electron chi connectivity index (χ0n) is 56.9. The molecule has 12 rings (SSSR count). The quantitative estimate of drug-likeness (QED) is 0.0695. The Hall–Kier alpha value is 1.86. The SMILES string of the molecule is C=CC.C=CCOC(=O)C(=C)C.C[SiH](C)O[Si]12O[Si]3(C)O[Si]4(OC#C[SiH3])O[Si](O[SiH](C)C)(O1)O[Si]1(O[SiH](C)C)O[Si](O[SiH](C)C)(O4)O[Si](O[SiH](C)C)(O3)O[Si](O[SiH](C)C)(O2)O1.C[SiH]=O.C[Si]12O[Si]3(C)O[Si]4(C)O[Si](C)(O1)O[Si]1(C)O[Si](C)(O2)O[Si](C)(O3)O[Si](C)(O4)O1.[HH]. The van der Waals surface area contributed by atoms with Gasteiger partial charge in [-0.2, -0.15) is 0 Å². The van der Waals surface area contributed by atoms with Gasteiger partial charge in [0.25, 0.3) is 9.41 Å². The second-order valence-electron chi connectivity index (χ2n) is 23.5. The van der Waals surface area contributed by atoms with Crippen molar-refractivity contribution in [1.82, 2.24) is 0 Å². The van der Waals surface area contributed by atoms with Crippen molar-refractivity contribution in [2.75, 3.05) is 6.61 Å². The van der Waals surface area contributed by atoms with E-state index >= 15 is 0 Å². The maximum atomic E-state index is 10.5. The van der Waals surface area contributed by atoms with E-state index in [1.807, 2.05) is 85.5 Å². The Morgan fingerprint density at radius 2 is 0.598 bits per heavy atom. The molecule has 12 aliphatic rings. The molecular weight excluding hydrogens is 1630 g/mol. The van der Waals surface area contributed by atoms with Crippen molar-refractivity contribution in [3.8, 4) is 11.7 Å². The van der Waals surface area contributed by atoms with Crippen molar-refractivity contribution < 1.29 is 143 Å². The second kappa shape index (κ2) is 30.7. The van der Waals surface area contributed by atoms with E-state index in [1.54, 1.807) is 78.5 Å². The molecule has 0 N–H and O–H groups in total. The Kier molecular flexibility index (Phi) is 27.6. The summed E-state index contributed by atoms with van der Waals surface area (Å²) in [4.78, 5) is 10.5. The van der Waals surface area contributed by atoms with E-state index in [9.17, 15) is 4.79 Å². The second-order valence-corrected chi connectivity index (χ2v) is 85.0. The van der Waals surface area contributed by atoms with Crippen LogP contribution in [0.4, 0.5) is 0 Å². The number of rotatable bonds is 16. The summed E-state index contributed by atoms with van der Waals surface area (Å²) in [5, 5.41) is 0. The van der Waals surface area contributed by atoms with E-state index in [1.165, 1.54) is 6.08 Å². The van der Waals surface area contributed by atoms with Gasteiger partial charge in [-0.1, -0.05) is 25.3 Å². The fourth-order valence-electron chi connectivity index (χ4n) is 9.70. The van der Waals surface area contributed by atoms with Crippen LogP contribution in [0.3, 0.4) is 0 Å². The molecule has 4 atom stereocenters. The van der Waals surface area contributed by atoms with Gasteiger partial charge in [0.1, 0.15) is 6.61 Å². The number of carbonyl (C=O) groups excluding carboxylic acids is 1. The van der Waals surface area contributed by atoms with Crippen LogP contribution in [0, 0.1) is 11.7 Å². The molecule has 4 unspecified atom stereocenters. The molecular formula is C34H94O34Si24. The minimum atomic E-state index is -4.76. The van der Waals surface area contributed by atoms with Crippen molar-refractivity contribution in [1.29, 1.82) is 0 Å². The third kappa shape index (κ3) is 21.3. The molecule has 16 bridgehead atoms. The lowest BCUT2D eigenvalue weighted by atomic mass is 10.4. The number of carbonyl (C=O) groups is 1. The van der Waals surface area contributed by atoms with Crippen molar-refractivity contribution in [2.24, 2.45) is 0 Å². The van der Waals surface area contributed by atoms with Crippen LogP contribution in [0.2, 0.25) is 144 Å². The fraction of sp³-hybridized carbons (Fsp3) is 0.735. The smallest absolute Gasteiger partial charge is 0.458 e. The molecule has 34 nitrogen and oxygen atoms in total. The monoisotopic (exact) mass is 1720 g/mol. The van der Waals surface area contributed by atoms with Crippen LogP contribution < -0.4 is 0 Å². The molecule has 12 heterocycles. The highest BCUT2D eigenvalue weighted by Gasteiger charge is 2.91. The molecule has 0 aliphatic carbocycles. The Labute approximate surface area is 574 Å². The summed E-state index contributed by atoms with van der Waals surface area (Å²) >= 11 is 0. The molecule has 530 valence electrons. The first-order chi connectivity index (χ1) is 42.0. The highest BCUT2D eigenvalue weighted by atomic mass is 28.7. The first-order valence-electron chi connectivity index (χ1n) is 29.4. The first-order valence-corrected chi connectivity index (χ1v) is 80.2. The van der Waals surface area contributed by atoms with Crippen LogP contribution in [-0.4, -0.2) is 229 Å². The van der Waals surface area contributed by atoms with Crippen LogP contribution in [0.5, 0.6) is 0 Å². The molecule has 0 saturated carbocycles. The number of allylic oxidation sites excluding steroid dienone is 1. The third-order valence-corrected chi connectivity index (χ3v) is 90.7. The molecule has 0 amide bonds. The lowest BCUT2D eigenvalue weighted by Gasteiger charge is -2.60. The van der Waals surface area contributed by atoms with Gasteiger partial charge < -0.3 is 137 Å². The molecule has 0 aromatic carbocycles. The van der Waals surface area contributed by atoms with E-state index in [4.69, 9.17) is 132 Å². The van der Waals surface area contributed by atoms with Gasteiger partial charge in [0.15, 0.2) is 54.2 Å². The van der Waals surface area contributed by atoms with Crippen molar-refractivity contribution in [2.45, 2.75) is 158 Å².